The summed E-state index contributed by atoms with van der Waals surface area (Å²) in [6.45, 7) is 5.67. The van der Waals surface area contributed by atoms with Crippen molar-refractivity contribution < 1.29 is 31.1 Å². The van der Waals surface area contributed by atoms with E-state index in [0.717, 1.165) is 47.4 Å². The summed E-state index contributed by atoms with van der Waals surface area (Å²) in [7, 11) is 1.38. The molecule has 7 nitrogen and oxygen atoms in total. The van der Waals surface area contributed by atoms with Crippen molar-refractivity contribution in [1.82, 2.24) is 4.90 Å². The van der Waals surface area contributed by atoms with E-state index >= 15 is 0 Å². The first-order chi connectivity index (χ1) is 19.3. The number of hydrogen-bond acceptors (Lipinski definition) is 4. The number of aryl methyl sites for hydroxylation is 2. The predicted octanol–water partition coefficient (Wildman–Crippen LogP) is 6.98. The van der Waals surface area contributed by atoms with Gasteiger partial charge in [-0.05, 0) is 79.6 Å². The van der Waals surface area contributed by atoms with Crippen LogP contribution < -0.4 is 10.6 Å². The molecule has 0 bridgehead atoms. The minimum atomic E-state index is -4.97. The fourth-order valence-electron chi connectivity index (χ4n) is 5.77. The highest BCUT2D eigenvalue weighted by Gasteiger charge is 2.38. The highest BCUT2D eigenvalue weighted by Crippen LogP contribution is 2.42. The van der Waals surface area contributed by atoms with E-state index in [1.54, 1.807) is 0 Å². The smallest absolute Gasteiger partial charge is 0.376 e. The average molecular weight is 585 g/mol. The molecule has 1 fully saturated rings. The molecule has 13 heteroatoms. The summed E-state index contributed by atoms with van der Waals surface area (Å²) in [6, 6.07) is 5.11. The van der Waals surface area contributed by atoms with Gasteiger partial charge in [0.15, 0.2) is 0 Å². The van der Waals surface area contributed by atoms with Gasteiger partial charge in [0.25, 0.3) is 0 Å². The van der Waals surface area contributed by atoms with Crippen molar-refractivity contribution >= 4 is 11.6 Å². The van der Waals surface area contributed by atoms with Crippen LogP contribution in [0.25, 0.3) is 0 Å². The molecule has 2 atom stereocenters. The number of alkyl halides is 6. The van der Waals surface area contributed by atoms with Crippen molar-refractivity contribution in [2.45, 2.75) is 70.6 Å². The van der Waals surface area contributed by atoms with Crippen LogP contribution in [0, 0.1) is 13.8 Å². The fraction of sp³-hybridized carbons (Fsp3) is 0.536. The van der Waals surface area contributed by atoms with Crippen LogP contribution in [-0.2, 0) is 23.6 Å². The van der Waals surface area contributed by atoms with Crippen molar-refractivity contribution in [1.29, 1.82) is 0 Å². The topological polar surface area (TPSA) is 78.8 Å². The Balaban J connectivity index is 1.83. The molecule has 0 spiro atoms. The SMILES string of the molecule is CN=N/N=C(\N)N(Cc1cc(C(F)(F)F)cc(C(F)(F)F)c1)C1CCCN(CC2CCCO2)c2c(C)cc(C)cc21. The minimum Gasteiger partial charge on any atom is -0.376 e. The monoisotopic (exact) mass is 584 g/mol. The standard InChI is InChI=1S/C28H34F6N6O/c1-17-10-18(2)25-23(11-17)24(7-4-8-39(25)16-22-6-5-9-41-22)40(26(35)37-38-36-3)15-19-12-20(27(29,30)31)14-21(13-19)28(32,33)34/h10-14,22,24H,4-9,15-16H2,1-3H3,(H2,35,36,37). The molecular weight excluding hydrogens is 550 g/mol. The zero-order valence-electron chi connectivity index (χ0n) is 23.2. The van der Waals surface area contributed by atoms with E-state index < -0.39 is 29.5 Å². The fourth-order valence-corrected chi connectivity index (χ4v) is 5.77. The number of benzene rings is 2. The molecule has 1 saturated heterocycles. The molecule has 2 aliphatic rings. The summed E-state index contributed by atoms with van der Waals surface area (Å²) in [5.41, 5.74) is 7.15. The number of hydrogen-bond donors (Lipinski definition) is 1. The van der Waals surface area contributed by atoms with Gasteiger partial charge in [0.1, 0.15) is 0 Å². The molecule has 0 aliphatic carbocycles. The van der Waals surface area contributed by atoms with Gasteiger partial charge in [-0.15, -0.1) is 0 Å². The first-order valence-electron chi connectivity index (χ1n) is 13.4. The summed E-state index contributed by atoms with van der Waals surface area (Å²) >= 11 is 0. The second-order valence-electron chi connectivity index (χ2n) is 10.5. The lowest BCUT2D eigenvalue weighted by Gasteiger charge is -2.35. The largest absolute Gasteiger partial charge is 0.416 e. The van der Waals surface area contributed by atoms with Crippen LogP contribution in [0.1, 0.15) is 65.1 Å². The maximum Gasteiger partial charge on any atom is 0.416 e. The number of nitrogens with zero attached hydrogens (tertiary/aromatic N) is 5. The van der Waals surface area contributed by atoms with E-state index in [1.807, 2.05) is 19.9 Å². The first-order valence-corrected chi connectivity index (χ1v) is 13.4. The zero-order valence-corrected chi connectivity index (χ0v) is 23.2. The molecule has 2 unspecified atom stereocenters. The lowest BCUT2D eigenvalue weighted by molar-refractivity contribution is -0.143. The van der Waals surface area contributed by atoms with Gasteiger partial charge >= 0.3 is 12.4 Å². The van der Waals surface area contributed by atoms with Gasteiger partial charge in [-0.3, -0.25) is 0 Å². The number of guanidine groups is 1. The van der Waals surface area contributed by atoms with Gasteiger partial charge in [0.05, 0.1) is 30.3 Å². The summed E-state index contributed by atoms with van der Waals surface area (Å²) < 4.78 is 87.7. The molecule has 4 rings (SSSR count). The van der Waals surface area contributed by atoms with Crippen LogP contribution in [0.2, 0.25) is 0 Å². The molecule has 0 amide bonds. The number of ether oxygens (including phenoxy) is 1. The van der Waals surface area contributed by atoms with Crippen molar-refractivity contribution in [2.24, 2.45) is 21.2 Å². The van der Waals surface area contributed by atoms with E-state index in [1.165, 1.54) is 11.9 Å². The molecule has 2 aliphatic heterocycles. The van der Waals surface area contributed by atoms with Gasteiger partial charge in [-0.1, -0.05) is 22.8 Å². The molecule has 2 aromatic rings. The van der Waals surface area contributed by atoms with Crippen molar-refractivity contribution in [3.8, 4) is 0 Å². The Labute approximate surface area is 235 Å². The number of nitrogens with two attached hydrogens (primary N) is 1. The lowest BCUT2D eigenvalue weighted by atomic mass is 9.94. The van der Waals surface area contributed by atoms with Crippen molar-refractivity contribution in [3.63, 3.8) is 0 Å². The van der Waals surface area contributed by atoms with Crippen LogP contribution in [0.5, 0.6) is 0 Å². The van der Waals surface area contributed by atoms with Gasteiger partial charge in [0, 0.05) is 31.9 Å². The Bertz CT molecular complexity index is 1250. The minimum absolute atomic E-state index is 0.0821. The normalized spacial score (nSPS) is 20.4. The molecule has 2 aromatic carbocycles. The lowest BCUT2D eigenvalue weighted by Crippen LogP contribution is -2.40. The second-order valence-corrected chi connectivity index (χ2v) is 10.5. The van der Waals surface area contributed by atoms with Crippen LogP contribution >= 0.6 is 0 Å². The second kappa shape index (κ2) is 12.3. The van der Waals surface area contributed by atoms with Gasteiger partial charge < -0.3 is 20.3 Å². The van der Waals surface area contributed by atoms with E-state index in [4.69, 9.17) is 10.5 Å². The Morgan fingerprint density at radius 2 is 1.68 bits per heavy atom. The molecule has 41 heavy (non-hydrogen) atoms. The highest BCUT2D eigenvalue weighted by atomic mass is 19.4. The maximum absolute atomic E-state index is 13.6. The third-order valence-corrected chi connectivity index (χ3v) is 7.41. The van der Waals surface area contributed by atoms with Crippen molar-refractivity contribution in [2.75, 3.05) is 31.6 Å². The molecule has 2 heterocycles. The third-order valence-electron chi connectivity index (χ3n) is 7.41. The van der Waals surface area contributed by atoms with E-state index in [0.29, 0.717) is 32.5 Å². The summed E-state index contributed by atoms with van der Waals surface area (Å²) in [5, 5.41) is 11.1. The van der Waals surface area contributed by atoms with Gasteiger partial charge in [0.2, 0.25) is 5.96 Å². The average Bonchev–Trinajstić information content (AvgIpc) is 3.33. The number of halogens is 6. The molecule has 2 N–H and O–H groups in total. The Kier molecular flexibility index (Phi) is 9.15. The van der Waals surface area contributed by atoms with E-state index in [9.17, 15) is 26.3 Å². The quantitative estimate of drug-likeness (QED) is 0.131. The Morgan fingerprint density at radius 1 is 1.00 bits per heavy atom. The third kappa shape index (κ3) is 7.30. The van der Waals surface area contributed by atoms with Crippen LogP contribution in [0.15, 0.2) is 45.8 Å². The van der Waals surface area contributed by atoms with Crippen molar-refractivity contribution in [3.05, 3.63) is 63.7 Å². The predicted molar refractivity (Wildman–Crippen MR) is 143 cm³/mol. The summed E-state index contributed by atoms with van der Waals surface area (Å²) in [4.78, 5) is 3.79. The highest BCUT2D eigenvalue weighted by molar-refractivity contribution is 5.79. The molecule has 0 saturated carbocycles. The summed E-state index contributed by atoms with van der Waals surface area (Å²) in [6.07, 6.45) is -6.69. The number of fused-ring (bicyclic) bond motifs is 1. The maximum atomic E-state index is 13.6. The van der Waals surface area contributed by atoms with E-state index in [2.05, 4.69) is 26.4 Å². The van der Waals surface area contributed by atoms with Gasteiger partial charge in [-0.25, -0.2) is 0 Å². The van der Waals surface area contributed by atoms with Gasteiger partial charge in [-0.2, -0.15) is 31.5 Å². The Morgan fingerprint density at radius 3 is 2.27 bits per heavy atom. The molecule has 0 aromatic heterocycles. The molecule has 0 radical (unpaired) electrons. The molecular formula is C28H34F6N6O. The number of rotatable bonds is 6. The zero-order chi connectivity index (χ0) is 29.9. The van der Waals surface area contributed by atoms with Crippen LogP contribution in [-0.4, -0.2) is 43.7 Å². The first kappa shape index (κ1) is 30.6. The van der Waals surface area contributed by atoms with E-state index in [-0.39, 0.29) is 30.2 Å². The number of anilines is 1. The Hall–Kier alpha value is -3.35. The van der Waals surface area contributed by atoms with Crippen LogP contribution in [0.4, 0.5) is 32.0 Å². The summed E-state index contributed by atoms with van der Waals surface area (Å²) in [5.74, 6) is -0.163. The van der Waals surface area contributed by atoms with Crippen LogP contribution in [0.3, 0.4) is 0 Å². The molecule has 224 valence electrons.